The fraction of sp³-hybridized carbons (Fsp3) is 0.667. The molecule has 7 nitrogen and oxygen atoms in total. The van der Waals surface area contributed by atoms with E-state index in [-0.39, 0.29) is 24.0 Å². The van der Waals surface area contributed by atoms with Crippen molar-refractivity contribution in [3.8, 4) is 0 Å². The molecule has 0 aliphatic carbocycles. The summed E-state index contributed by atoms with van der Waals surface area (Å²) >= 11 is 0. The zero-order valence-electron chi connectivity index (χ0n) is 11.9. The monoisotopic (exact) mass is 398 g/mol. The number of aromatic nitrogens is 1. The fourth-order valence-electron chi connectivity index (χ4n) is 1.35. The summed E-state index contributed by atoms with van der Waals surface area (Å²) in [6.45, 7) is 3.35. The SMILES string of the molecule is CN=C(NCCCOCCOC)NCc1ccon1.I. The predicted molar refractivity (Wildman–Crippen MR) is 87.4 cm³/mol. The lowest BCUT2D eigenvalue weighted by Gasteiger charge is -2.10. The number of aliphatic imine (C=N–C) groups is 1. The summed E-state index contributed by atoms with van der Waals surface area (Å²) in [5.74, 6) is 0.736. The molecule has 1 aromatic heterocycles. The molecule has 8 heteroatoms. The Bertz CT molecular complexity index is 346. The van der Waals surface area contributed by atoms with Gasteiger partial charge in [-0.05, 0) is 6.42 Å². The maximum Gasteiger partial charge on any atom is 0.191 e. The van der Waals surface area contributed by atoms with E-state index in [1.54, 1.807) is 20.4 Å². The molecule has 0 aliphatic rings. The molecule has 0 aromatic carbocycles. The van der Waals surface area contributed by atoms with E-state index in [4.69, 9.17) is 14.0 Å². The van der Waals surface area contributed by atoms with Gasteiger partial charge in [0.1, 0.15) is 12.0 Å². The Morgan fingerprint density at radius 2 is 2.20 bits per heavy atom. The van der Waals surface area contributed by atoms with Gasteiger partial charge in [0.15, 0.2) is 5.96 Å². The van der Waals surface area contributed by atoms with E-state index in [2.05, 4.69) is 20.8 Å². The van der Waals surface area contributed by atoms with Gasteiger partial charge in [0.2, 0.25) is 0 Å². The van der Waals surface area contributed by atoms with Crippen molar-refractivity contribution in [1.82, 2.24) is 15.8 Å². The fourth-order valence-corrected chi connectivity index (χ4v) is 1.35. The maximum atomic E-state index is 5.36. The Labute approximate surface area is 136 Å². The predicted octanol–water partition coefficient (Wildman–Crippen LogP) is 1.01. The van der Waals surface area contributed by atoms with Crippen LogP contribution in [0.25, 0.3) is 0 Å². The molecule has 20 heavy (non-hydrogen) atoms. The van der Waals surface area contributed by atoms with E-state index < -0.39 is 0 Å². The highest BCUT2D eigenvalue weighted by atomic mass is 127. The van der Waals surface area contributed by atoms with E-state index in [1.807, 2.05) is 6.07 Å². The molecule has 1 heterocycles. The third kappa shape index (κ3) is 9.10. The molecular weight excluding hydrogens is 375 g/mol. The topological polar surface area (TPSA) is 80.9 Å². The second-order valence-corrected chi connectivity index (χ2v) is 3.80. The largest absolute Gasteiger partial charge is 0.382 e. The highest BCUT2D eigenvalue weighted by molar-refractivity contribution is 14.0. The Morgan fingerprint density at radius 3 is 2.85 bits per heavy atom. The first-order valence-corrected chi connectivity index (χ1v) is 6.27. The van der Waals surface area contributed by atoms with Crippen LogP contribution in [0.5, 0.6) is 0 Å². The van der Waals surface area contributed by atoms with E-state index in [0.29, 0.717) is 26.4 Å². The first kappa shape index (κ1) is 19.1. The number of guanidine groups is 1. The number of rotatable bonds is 9. The van der Waals surface area contributed by atoms with Crippen LogP contribution in [-0.2, 0) is 16.0 Å². The van der Waals surface area contributed by atoms with E-state index in [0.717, 1.165) is 24.6 Å². The lowest BCUT2D eigenvalue weighted by atomic mass is 10.4. The Kier molecular flexibility index (Phi) is 12.6. The van der Waals surface area contributed by atoms with Crippen LogP contribution in [0.1, 0.15) is 12.1 Å². The molecule has 0 saturated heterocycles. The normalized spacial score (nSPS) is 11.0. The van der Waals surface area contributed by atoms with Gasteiger partial charge in [0, 0.05) is 33.4 Å². The van der Waals surface area contributed by atoms with Crippen molar-refractivity contribution in [1.29, 1.82) is 0 Å². The van der Waals surface area contributed by atoms with Crippen molar-refractivity contribution in [2.45, 2.75) is 13.0 Å². The second kappa shape index (κ2) is 13.1. The summed E-state index contributed by atoms with van der Waals surface area (Å²) in [6, 6.07) is 1.81. The number of nitrogens with zero attached hydrogens (tertiary/aromatic N) is 2. The molecule has 0 atom stereocenters. The lowest BCUT2D eigenvalue weighted by Crippen LogP contribution is -2.37. The van der Waals surface area contributed by atoms with Crippen molar-refractivity contribution in [2.75, 3.05) is 40.5 Å². The molecule has 0 fully saturated rings. The Balaban J connectivity index is 0.00000361. The summed E-state index contributed by atoms with van der Waals surface area (Å²) in [5, 5.41) is 10.1. The van der Waals surface area contributed by atoms with Crippen LogP contribution in [0.2, 0.25) is 0 Å². The minimum Gasteiger partial charge on any atom is -0.382 e. The summed E-state index contributed by atoms with van der Waals surface area (Å²) in [6.07, 6.45) is 2.46. The zero-order chi connectivity index (χ0) is 13.8. The maximum absolute atomic E-state index is 5.36. The van der Waals surface area contributed by atoms with E-state index in [9.17, 15) is 0 Å². The van der Waals surface area contributed by atoms with Crippen LogP contribution in [0, 0.1) is 0 Å². The third-order valence-electron chi connectivity index (χ3n) is 2.34. The number of halogens is 1. The molecule has 0 radical (unpaired) electrons. The standard InChI is InChI=1S/C12H22N4O3.HI/c1-13-12(15-10-11-4-7-19-16-11)14-5-3-6-18-9-8-17-2;/h4,7H,3,5-6,8-10H2,1-2H3,(H2,13,14,15);1H. The number of methoxy groups -OCH3 is 1. The van der Waals surface area contributed by atoms with E-state index in [1.165, 1.54) is 0 Å². The molecule has 0 aliphatic heterocycles. The molecule has 0 bridgehead atoms. The van der Waals surface area contributed by atoms with Gasteiger partial charge < -0.3 is 24.6 Å². The highest BCUT2D eigenvalue weighted by Crippen LogP contribution is 1.92. The van der Waals surface area contributed by atoms with Crippen molar-refractivity contribution in [3.05, 3.63) is 18.0 Å². The van der Waals surface area contributed by atoms with Crippen LogP contribution in [0.3, 0.4) is 0 Å². The van der Waals surface area contributed by atoms with Crippen molar-refractivity contribution < 1.29 is 14.0 Å². The van der Waals surface area contributed by atoms with Crippen molar-refractivity contribution >= 4 is 29.9 Å². The van der Waals surface area contributed by atoms with Gasteiger partial charge in [0.05, 0.1) is 19.8 Å². The quantitative estimate of drug-likeness (QED) is 0.280. The minimum absolute atomic E-state index is 0. The van der Waals surface area contributed by atoms with E-state index >= 15 is 0 Å². The third-order valence-corrected chi connectivity index (χ3v) is 2.34. The van der Waals surface area contributed by atoms with Crippen LogP contribution in [-0.4, -0.2) is 51.6 Å². The van der Waals surface area contributed by atoms with Gasteiger partial charge >= 0.3 is 0 Å². The summed E-state index contributed by atoms with van der Waals surface area (Å²) in [5.41, 5.74) is 0.839. The average molecular weight is 398 g/mol. The molecule has 0 saturated carbocycles. The van der Waals surface area contributed by atoms with Crippen molar-refractivity contribution in [2.24, 2.45) is 4.99 Å². The van der Waals surface area contributed by atoms with Crippen LogP contribution >= 0.6 is 24.0 Å². The Morgan fingerprint density at radius 1 is 1.35 bits per heavy atom. The molecule has 116 valence electrons. The minimum atomic E-state index is 0. The summed E-state index contributed by atoms with van der Waals surface area (Å²) in [7, 11) is 3.39. The van der Waals surface area contributed by atoms with Crippen LogP contribution in [0.15, 0.2) is 21.8 Å². The lowest BCUT2D eigenvalue weighted by molar-refractivity contribution is 0.0698. The number of nitrogens with one attached hydrogen (secondary N) is 2. The molecular formula is C12H23IN4O3. The zero-order valence-corrected chi connectivity index (χ0v) is 14.3. The molecule has 1 aromatic rings. The van der Waals surface area contributed by atoms with Gasteiger partial charge in [0.25, 0.3) is 0 Å². The summed E-state index contributed by atoms with van der Waals surface area (Å²) in [4.78, 5) is 4.11. The smallest absolute Gasteiger partial charge is 0.191 e. The van der Waals surface area contributed by atoms with Crippen LogP contribution in [0.4, 0.5) is 0 Å². The number of hydrogen-bond donors (Lipinski definition) is 2. The molecule has 1 rings (SSSR count). The molecule has 0 amide bonds. The molecule has 2 N–H and O–H groups in total. The Hall–Kier alpha value is -0.870. The van der Waals surface area contributed by atoms with Crippen LogP contribution < -0.4 is 10.6 Å². The van der Waals surface area contributed by atoms with Gasteiger partial charge in [-0.15, -0.1) is 24.0 Å². The van der Waals surface area contributed by atoms with Gasteiger partial charge in [-0.2, -0.15) is 0 Å². The first-order valence-electron chi connectivity index (χ1n) is 6.27. The first-order chi connectivity index (χ1) is 9.36. The van der Waals surface area contributed by atoms with Gasteiger partial charge in [-0.25, -0.2) is 0 Å². The van der Waals surface area contributed by atoms with Gasteiger partial charge in [-0.3, -0.25) is 4.99 Å². The van der Waals surface area contributed by atoms with Gasteiger partial charge in [-0.1, -0.05) is 5.16 Å². The average Bonchev–Trinajstić information content (AvgIpc) is 2.94. The van der Waals surface area contributed by atoms with Crippen molar-refractivity contribution in [3.63, 3.8) is 0 Å². The number of hydrogen-bond acceptors (Lipinski definition) is 5. The number of ether oxygens (including phenoxy) is 2. The highest BCUT2D eigenvalue weighted by Gasteiger charge is 1.99. The molecule has 0 unspecified atom stereocenters. The summed E-state index contributed by atoms with van der Waals surface area (Å²) < 4.78 is 15.0. The molecule has 0 spiro atoms. The second-order valence-electron chi connectivity index (χ2n) is 3.80.